The molecule has 0 amide bonds. The summed E-state index contributed by atoms with van der Waals surface area (Å²) in [5.41, 5.74) is -1.84. The van der Waals surface area contributed by atoms with Gasteiger partial charge in [-0.3, -0.25) is 0 Å². The van der Waals surface area contributed by atoms with Crippen molar-refractivity contribution in [3.63, 3.8) is 0 Å². The lowest BCUT2D eigenvalue weighted by atomic mass is 10.2. The fraction of sp³-hybridized carbons (Fsp3) is 0.333. The minimum atomic E-state index is -4.63. The Morgan fingerprint density at radius 2 is 2.12 bits per heavy atom. The van der Waals surface area contributed by atoms with Crippen molar-refractivity contribution >= 4 is 21.9 Å². The van der Waals surface area contributed by atoms with E-state index in [2.05, 4.69) is 25.7 Å². The molecule has 1 heterocycles. The normalized spacial score (nSPS) is 11.3. The molecule has 0 aliphatic rings. The number of ether oxygens (including phenoxy) is 1. The predicted molar refractivity (Wildman–Crippen MR) is 52.9 cm³/mol. The van der Waals surface area contributed by atoms with Gasteiger partial charge in [0.2, 0.25) is 0 Å². The Bertz CT molecular complexity index is 406. The molecule has 0 radical (unpaired) electrons. The highest BCUT2D eigenvalue weighted by Gasteiger charge is 2.36. The summed E-state index contributed by atoms with van der Waals surface area (Å²) in [6, 6.07) is 1.90. The molecule has 0 atom stereocenters. The molecule has 0 N–H and O–H groups in total. The van der Waals surface area contributed by atoms with Crippen molar-refractivity contribution in [1.29, 1.82) is 0 Å². The molecule has 1 aromatic heterocycles. The zero-order chi connectivity index (χ0) is 12.3. The van der Waals surface area contributed by atoms with Crippen molar-refractivity contribution in [3.8, 4) is 0 Å². The molecule has 0 aliphatic heterocycles. The summed E-state index contributed by atoms with van der Waals surface area (Å²) in [6.07, 6.45) is -4.63. The van der Waals surface area contributed by atoms with Gasteiger partial charge in [0, 0.05) is 0 Å². The molecule has 16 heavy (non-hydrogen) atoms. The Morgan fingerprint density at radius 1 is 1.50 bits per heavy atom. The van der Waals surface area contributed by atoms with Gasteiger partial charge in [-0.05, 0) is 35.0 Å². The maximum absolute atomic E-state index is 12.5. The first-order valence-electron chi connectivity index (χ1n) is 4.27. The molecule has 0 bridgehead atoms. The molecule has 0 fully saturated rings. The van der Waals surface area contributed by atoms with Crippen LogP contribution in [0.2, 0.25) is 0 Å². The number of nitrogens with zero attached hydrogens (tertiary/aromatic N) is 1. The second-order valence-corrected chi connectivity index (χ2v) is 3.56. The average molecular weight is 298 g/mol. The van der Waals surface area contributed by atoms with Gasteiger partial charge in [-0.1, -0.05) is 0 Å². The molecule has 0 unspecified atom stereocenters. The summed E-state index contributed by atoms with van der Waals surface area (Å²) < 4.78 is 42.2. The van der Waals surface area contributed by atoms with E-state index >= 15 is 0 Å². The van der Waals surface area contributed by atoms with Crippen molar-refractivity contribution in [3.05, 3.63) is 28.0 Å². The van der Waals surface area contributed by atoms with Crippen molar-refractivity contribution in [2.24, 2.45) is 0 Å². The fourth-order valence-electron chi connectivity index (χ4n) is 1.02. The number of carbonyl (C=O) groups excluding carboxylic acids is 1. The van der Waals surface area contributed by atoms with Crippen molar-refractivity contribution in [2.45, 2.75) is 13.1 Å². The number of alkyl halides is 3. The largest absolute Gasteiger partial charge is 0.461 e. The molecule has 1 rings (SSSR count). The van der Waals surface area contributed by atoms with Crippen LogP contribution in [0.25, 0.3) is 0 Å². The monoisotopic (exact) mass is 297 g/mol. The Labute approximate surface area is 97.8 Å². The predicted octanol–water partition coefficient (Wildman–Crippen LogP) is 3.04. The third-order valence-electron chi connectivity index (χ3n) is 1.64. The van der Waals surface area contributed by atoms with Gasteiger partial charge in [0.25, 0.3) is 0 Å². The first kappa shape index (κ1) is 13.0. The molecular formula is C9H7BrF3NO2. The Morgan fingerprint density at radius 3 is 2.62 bits per heavy atom. The number of carbonyl (C=O) groups is 1. The van der Waals surface area contributed by atoms with E-state index in [9.17, 15) is 18.0 Å². The van der Waals surface area contributed by atoms with E-state index in [4.69, 9.17) is 0 Å². The lowest BCUT2D eigenvalue weighted by Crippen LogP contribution is -2.17. The van der Waals surface area contributed by atoms with E-state index in [0.29, 0.717) is 0 Å². The Kier molecular flexibility index (Phi) is 3.90. The van der Waals surface area contributed by atoms with Crippen LogP contribution < -0.4 is 0 Å². The third kappa shape index (κ3) is 2.94. The van der Waals surface area contributed by atoms with Gasteiger partial charge in [-0.25, -0.2) is 9.78 Å². The van der Waals surface area contributed by atoms with Crippen LogP contribution in [0, 0.1) is 0 Å². The maximum Gasteiger partial charge on any atom is 0.418 e. The molecule has 0 spiro atoms. The Balaban J connectivity index is 3.24. The molecule has 0 saturated carbocycles. The van der Waals surface area contributed by atoms with Crippen LogP contribution in [0.4, 0.5) is 13.2 Å². The van der Waals surface area contributed by atoms with Crippen LogP contribution in [-0.2, 0) is 10.9 Å². The second-order valence-electron chi connectivity index (χ2n) is 2.75. The molecule has 0 saturated heterocycles. The van der Waals surface area contributed by atoms with Gasteiger partial charge in [0.15, 0.2) is 5.69 Å². The summed E-state index contributed by atoms with van der Waals surface area (Å²) in [5, 5.41) is 0. The SMILES string of the molecule is CCOC(=O)c1nc(Br)ccc1C(F)(F)F. The third-order valence-corrected chi connectivity index (χ3v) is 2.08. The van der Waals surface area contributed by atoms with Crippen LogP contribution >= 0.6 is 15.9 Å². The molecule has 0 aliphatic carbocycles. The standard InChI is InChI=1S/C9H7BrF3NO2/c1-2-16-8(15)7-5(9(11,12)13)3-4-6(10)14-7/h3-4H,2H2,1H3. The highest BCUT2D eigenvalue weighted by Crippen LogP contribution is 2.32. The number of halogens is 4. The van der Waals surface area contributed by atoms with Crippen molar-refractivity contribution < 1.29 is 22.7 Å². The quantitative estimate of drug-likeness (QED) is 0.622. The van der Waals surface area contributed by atoms with Gasteiger partial charge < -0.3 is 4.74 Å². The van der Waals surface area contributed by atoms with E-state index in [1.54, 1.807) is 0 Å². The molecule has 88 valence electrons. The van der Waals surface area contributed by atoms with Crippen LogP contribution in [0.5, 0.6) is 0 Å². The summed E-state index contributed by atoms with van der Waals surface area (Å²) in [5.74, 6) is -1.09. The number of aromatic nitrogens is 1. The summed E-state index contributed by atoms with van der Waals surface area (Å²) in [4.78, 5) is 14.7. The van der Waals surface area contributed by atoms with Gasteiger partial charge >= 0.3 is 12.1 Å². The minimum Gasteiger partial charge on any atom is -0.461 e. The van der Waals surface area contributed by atoms with E-state index < -0.39 is 23.4 Å². The number of hydrogen-bond donors (Lipinski definition) is 0. The zero-order valence-corrected chi connectivity index (χ0v) is 9.72. The van der Waals surface area contributed by atoms with Gasteiger partial charge in [0.1, 0.15) is 4.60 Å². The smallest absolute Gasteiger partial charge is 0.418 e. The number of hydrogen-bond acceptors (Lipinski definition) is 3. The van der Waals surface area contributed by atoms with E-state index in [0.717, 1.165) is 12.1 Å². The van der Waals surface area contributed by atoms with E-state index in [1.165, 1.54) is 6.92 Å². The second kappa shape index (κ2) is 4.82. The van der Waals surface area contributed by atoms with Crippen LogP contribution in [0.15, 0.2) is 16.7 Å². The topological polar surface area (TPSA) is 39.2 Å². The van der Waals surface area contributed by atoms with Crippen LogP contribution in [0.3, 0.4) is 0 Å². The molecule has 1 aromatic rings. The van der Waals surface area contributed by atoms with E-state index in [1.807, 2.05) is 0 Å². The zero-order valence-electron chi connectivity index (χ0n) is 8.14. The number of rotatable bonds is 2. The highest BCUT2D eigenvalue weighted by atomic mass is 79.9. The van der Waals surface area contributed by atoms with Crippen molar-refractivity contribution in [2.75, 3.05) is 6.61 Å². The Hall–Kier alpha value is -1.11. The lowest BCUT2D eigenvalue weighted by Gasteiger charge is -2.10. The first-order valence-corrected chi connectivity index (χ1v) is 5.06. The van der Waals surface area contributed by atoms with Crippen molar-refractivity contribution in [1.82, 2.24) is 4.98 Å². The van der Waals surface area contributed by atoms with Crippen LogP contribution in [0.1, 0.15) is 23.0 Å². The molecule has 0 aromatic carbocycles. The van der Waals surface area contributed by atoms with Crippen LogP contribution in [-0.4, -0.2) is 17.6 Å². The summed E-state index contributed by atoms with van der Waals surface area (Å²) in [7, 11) is 0. The first-order chi connectivity index (χ1) is 7.36. The van der Waals surface area contributed by atoms with Gasteiger partial charge in [-0.15, -0.1) is 0 Å². The summed E-state index contributed by atoms with van der Waals surface area (Å²) in [6.45, 7) is 1.49. The fourth-order valence-corrected chi connectivity index (χ4v) is 1.33. The average Bonchev–Trinajstić information content (AvgIpc) is 2.16. The molecule has 3 nitrogen and oxygen atoms in total. The summed E-state index contributed by atoms with van der Waals surface area (Å²) >= 11 is 2.90. The number of esters is 1. The molecular weight excluding hydrogens is 291 g/mol. The lowest BCUT2D eigenvalue weighted by molar-refractivity contribution is -0.138. The maximum atomic E-state index is 12.5. The number of pyridine rings is 1. The highest BCUT2D eigenvalue weighted by molar-refractivity contribution is 9.10. The molecule has 7 heteroatoms. The van der Waals surface area contributed by atoms with E-state index in [-0.39, 0.29) is 11.2 Å². The van der Waals surface area contributed by atoms with Gasteiger partial charge in [0.05, 0.1) is 12.2 Å². The van der Waals surface area contributed by atoms with Gasteiger partial charge in [-0.2, -0.15) is 13.2 Å². The minimum absolute atomic E-state index is 0.00960.